The van der Waals surface area contributed by atoms with E-state index in [1.54, 1.807) is 0 Å². The van der Waals surface area contributed by atoms with Gasteiger partial charge in [0.25, 0.3) is 5.08 Å². The maximum atomic E-state index is 5.68. The van der Waals surface area contributed by atoms with Crippen LogP contribution in [0.3, 0.4) is 0 Å². The van der Waals surface area contributed by atoms with E-state index in [1.165, 1.54) is 0 Å². The minimum Gasteiger partial charge on any atom is -0.213 e. The summed E-state index contributed by atoms with van der Waals surface area (Å²) in [6.45, 7) is 0. The minimum atomic E-state index is -2.22. The molecule has 27 heavy (non-hydrogen) atoms. The maximum Gasteiger partial charge on any atom is 0.359 e. The van der Waals surface area contributed by atoms with Gasteiger partial charge in [0.1, 0.15) is 7.11 Å². The van der Waals surface area contributed by atoms with Crippen LogP contribution in [0.2, 0.25) is 0 Å². The van der Waals surface area contributed by atoms with Crippen molar-refractivity contribution in [3.05, 3.63) is 0 Å². The summed E-state index contributed by atoms with van der Waals surface area (Å²) in [5, 5.41) is -10.8. The summed E-state index contributed by atoms with van der Waals surface area (Å²) in [7, 11) is 0.973. The van der Waals surface area contributed by atoms with Gasteiger partial charge in [0.15, 0.2) is 20.2 Å². The number of quaternary nitrogens is 5. The minimum absolute atomic E-state index is 0.0394. The van der Waals surface area contributed by atoms with E-state index >= 15 is 0 Å². The van der Waals surface area contributed by atoms with Crippen molar-refractivity contribution in [3.8, 4) is 0 Å². The lowest BCUT2D eigenvalue weighted by molar-refractivity contribution is -1.81. The summed E-state index contributed by atoms with van der Waals surface area (Å²) < 4.78 is 0. The van der Waals surface area contributed by atoms with Gasteiger partial charge < -0.3 is 0 Å². The van der Waals surface area contributed by atoms with Crippen molar-refractivity contribution in [1.29, 1.82) is 0 Å². The molecule has 0 radical (unpaired) electrons. The first kappa shape index (κ1) is 19.3. The van der Waals surface area contributed by atoms with Gasteiger partial charge >= 0.3 is 20.3 Å². The third-order valence-corrected chi connectivity index (χ3v) is 2.41. The van der Waals surface area contributed by atoms with Gasteiger partial charge in [-0.05, 0) is 0 Å². The van der Waals surface area contributed by atoms with Crippen LogP contribution >= 0.6 is 0 Å². The molecule has 7 atom stereocenters. The summed E-state index contributed by atoms with van der Waals surface area (Å²) in [5.74, 6) is 33.5. The second kappa shape index (κ2) is 5.74. The Morgan fingerprint density at radius 2 is 1.15 bits per heavy atom. The summed E-state index contributed by atoms with van der Waals surface area (Å²) >= 11 is 0. The van der Waals surface area contributed by atoms with E-state index in [0.29, 0.717) is 0 Å². The molecule has 4 aliphatic heterocycles. The fourth-order valence-corrected chi connectivity index (χ4v) is 1.67. The Bertz CT molecular complexity index is 607. The van der Waals surface area contributed by atoms with Crippen LogP contribution in [0.15, 0.2) is 0 Å². The van der Waals surface area contributed by atoms with Crippen molar-refractivity contribution in [2.24, 2.45) is 35.1 Å². The number of fused-ring (bicyclic) bond motifs is 4. The number of hydrogen-bond acceptors (Lipinski definition) is 21. The lowest BCUT2D eigenvalue weighted by atomic mass is 11.7. The van der Waals surface area contributed by atoms with Crippen LogP contribution in [-0.4, -0.2) is 48.6 Å². The molecule has 0 amide bonds. The summed E-state index contributed by atoms with van der Waals surface area (Å²) in [5.41, 5.74) is 0. The molecule has 0 aliphatic carbocycles. The molecule has 4 aliphatic rings. The Balaban J connectivity index is 1.85. The molecular weight excluding hydrogens is 400 g/mol. The predicted octanol–water partition coefficient (Wildman–Crippen LogP) is -6.85. The van der Waals surface area contributed by atoms with E-state index in [-0.39, 0.29) is 16.1 Å². The molecule has 12 N–H and O–H groups in total. The van der Waals surface area contributed by atoms with E-state index in [2.05, 4.69) is 4.94 Å². The molecule has 0 spiro atoms. The van der Waals surface area contributed by atoms with Gasteiger partial charge in [-0.25, -0.2) is 5.84 Å². The average molecular weight is 415 g/mol. The molecule has 0 aromatic carbocycles. The van der Waals surface area contributed by atoms with Crippen molar-refractivity contribution >= 4 is 0 Å². The van der Waals surface area contributed by atoms with Crippen LogP contribution in [0.4, 0.5) is 0 Å². The largest absolute Gasteiger partial charge is 0.359 e. The highest BCUT2D eigenvalue weighted by Gasteiger charge is 2.80. The van der Waals surface area contributed by atoms with Gasteiger partial charge in [0.05, 0.1) is 20.2 Å². The monoisotopic (exact) mass is 415 g/mol. The zero-order valence-corrected chi connectivity index (χ0v) is 12.9. The summed E-state index contributed by atoms with van der Waals surface area (Å²) in [4.78, 5) is 57.8. The molecule has 4 fully saturated rings. The Morgan fingerprint density at radius 3 is 1.74 bits per heavy atom. The lowest BCUT2D eigenvalue weighted by Gasteiger charge is -2.38. The SMILES string of the molecule is CO[N+]1(N)ON2ON3ON(N)O[N+]4(N)O[N+](N)(O3)O[N+](N)(O2)O[N+](N)(O1)O4. The zero-order chi connectivity index (χ0) is 19.7. The first-order chi connectivity index (χ1) is 12.4. The summed E-state index contributed by atoms with van der Waals surface area (Å²) in [6, 6.07) is 0. The highest BCUT2D eigenvalue weighted by Crippen LogP contribution is 2.34. The molecule has 0 aromatic rings. The number of hydrogen-bond donors (Lipinski definition) is 6. The van der Waals surface area contributed by atoms with Gasteiger partial charge in [-0.1, -0.05) is 34.2 Å². The molecule has 26 nitrogen and oxygen atoms in total. The van der Waals surface area contributed by atoms with Crippen molar-refractivity contribution in [3.63, 3.8) is 0 Å². The number of hydrazine groups is 1. The molecule has 4 heterocycles. The van der Waals surface area contributed by atoms with Gasteiger partial charge in [-0.15, -0.1) is 9.78 Å². The first-order valence-electron chi connectivity index (χ1n) is 6.16. The Kier molecular flexibility index (Phi) is 4.10. The van der Waals surface area contributed by atoms with Crippen LogP contribution in [-0.2, 0) is 59.2 Å². The maximum absolute atomic E-state index is 5.68. The highest BCUT2D eigenvalue weighted by molar-refractivity contribution is 3.77. The molecule has 7 unspecified atom stereocenters. The van der Waals surface area contributed by atoms with Crippen LogP contribution in [0.1, 0.15) is 0 Å². The molecule has 0 saturated carbocycles. The molecular formula is CH15N14O12+5. The average Bonchev–Trinajstić information content (AvgIpc) is 2.38. The van der Waals surface area contributed by atoms with E-state index in [9.17, 15) is 0 Å². The fourth-order valence-electron chi connectivity index (χ4n) is 1.67. The fraction of sp³-hybridized carbons (Fsp3) is 1.00. The van der Waals surface area contributed by atoms with E-state index in [1.807, 2.05) is 0 Å². The van der Waals surface area contributed by atoms with Crippen LogP contribution < -0.4 is 35.1 Å². The third kappa shape index (κ3) is 3.66. The molecule has 4 rings (SSSR count). The number of nitrogens with two attached hydrogens (primary N) is 6. The molecule has 156 valence electrons. The number of nitrogens with zero attached hydrogens (tertiary/aromatic N) is 8. The lowest BCUT2D eigenvalue weighted by Crippen LogP contribution is -2.86. The second-order valence-electron chi connectivity index (χ2n) is 4.51. The zero-order valence-electron chi connectivity index (χ0n) is 12.9. The molecule has 6 bridgehead atoms. The van der Waals surface area contributed by atoms with E-state index < -0.39 is 25.4 Å². The van der Waals surface area contributed by atoms with Crippen molar-refractivity contribution in [2.75, 3.05) is 7.11 Å². The van der Waals surface area contributed by atoms with Crippen molar-refractivity contribution in [1.82, 2.24) is 16.1 Å². The summed E-state index contributed by atoms with van der Waals surface area (Å²) in [6.07, 6.45) is 0. The van der Waals surface area contributed by atoms with Gasteiger partial charge in [0, 0.05) is 4.94 Å². The number of rotatable bonds is 1. The first-order valence-corrected chi connectivity index (χ1v) is 6.16. The molecule has 26 heteroatoms. The standard InChI is InChI=1S/CH15N14O12/c1-16-11(3)21-10-18-9-17-8(2)19-12(4)24-13(5,20-9)25-14(6,22-10)27-15(7,23-11)26-12/h2-7H2,1H3/q+5. The van der Waals surface area contributed by atoms with Crippen LogP contribution in [0.25, 0.3) is 0 Å². The van der Waals surface area contributed by atoms with Gasteiger partial charge in [-0.2, -0.15) is 0 Å². The Morgan fingerprint density at radius 1 is 0.630 bits per heavy atom. The topological polar surface area (TPSA) is 277 Å². The van der Waals surface area contributed by atoms with E-state index in [0.717, 1.165) is 7.11 Å². The Hall–Kier alpha value is -1.04. The highest BCUT2D eigenvalue weighted by atomic mass is 17.7. The normalized spacial score (nSPS) is 56.6. The van der Waals surface area contributed by atoms with Crippen LogP contribution in [0, 0.1) is 0 Å². The molecule has 4 saturated heterocycles. The third-order valence-electron chi connectivity index (χ3n) is 2.41. The smallest absolute Gasteiger partial charge is 0.213 e. The van der Waals surface area contributed by atoms with Crippen LogP contribution in [0.5, 0.6) is 0 Å². The van der Waals surface area contributed by atoms with E-state index in [4.69, 9.17) is 89.3 Å². The predicted molar refractivity (Wildman–Crippen MR) is 50.9 cm³/mol. The quantitative estimate of drug-likeness (QED) is 0.171. The van der Waals surface area contributed by atoms with Gasteiger partial charge in [-0.3, -0.25) is 0 Å². The van der Waals surface area contributed by atoms with Crippen molar-refractivity contribution in [2.45, 2.75) is 0 Å². The Labute approximate surface area is 144 Å². The second-order valence-corrected chi connectivity index (χ2v) is 4.51. The molecule has 0 aromatic heterocycles. The van der Waals surface area contributed by atoms with Gasteiger partial charge in [0.2, 0.25) is 15.3 Å². The van der Waals surface area contributed by atoms with Crippen molar-refractivity contribution < 1.29 is 84.6 Å².